The molecule has 11 heteroatoms. The van der Waals surface area contributed by atoms with Gasteiger partial charge in [-0.1, -0.05) is 13.0 Å². The van der Waals surface area contributed by atoms with E-state index in [0.29, 0.717) is 11.9 Å². The number of rotatable bonds is 10. The van der Waals surface area contributed by atoms with Gasteiger partial charge in [-0.2, -0.15) is 0 Å². The number of hydrogen-bond acceptors (Lipinski definition) is 8. The number of aryl methyl sites for hydroxylation is 1. The molecule has 0 aliphatic carbocycles. The number of anilines is 1. The van der Waals surface area contributed by atoms with Gasteiger partial charge in [-0.25, -0.2) is 9.97 Å². The Kier molecular flexibility index (Phi) is 10.2. The molecule has 2 aromatic rings. The number of pyridine rings is 1. The van der Waals surface area contributed by atoms with Crippen LogP contribution in [0.25, 0.3) is 11.5 Å². The van der Waals surface area contributed by atoms with Crippen LogP contribution in [0.5, 0.6) is 0 Å². The molecule has 174 valence electrons. The van der Waals surface area contributed by atoms with Gasteiger partial charge in [0.1, 0.15) is 11.5 Å². The van der Waals surface area contributed by atoms with Gasteiger partial charge in [-0.3, -0.25) is 19.4 Å². The van der Waals surface area contributed by atoms with Gasteiger partial charge in [0.2, 0.25) is 0 Å². The molecule has 0 amide bonds. The molecule has 0 aromatic carbocycles. The summed E-state index contributed by atoms with van der Waals surface area (Å²) in [5.41, 5.74) is -0.306. The van der Waals surface area contributed by atoms with Crippen LogP contribution in [0.3, 0.4) is 0 Å². The molecule has 5 N–H and O–H groups in total. The van der Waals surface area contributed by atoms with Crippen LogP contribution in [0, 0.1) is 0 Å². The Morgan fingerprint density at radius 3 is 1.97 bits per heavy atom. The molecule has 11 nitrogen and oxygen atoms in total. The number of carbonyl (C=O) groups is 3. The molecule has 32 heavy (non-hydrogen) atoms. The monoisotopic (exact) mass is 448 g/mol. The van der Waals surface area contributed by atoms with Gasteiger partial charge in [-0.15, -0.1) is 0 Å². The molecule has 0 aliphatic rings. The van der Waals surface area contributed by atoms with Gasteiger partial charge in [0.15, 0.2) is 5.82 Å². The smallest absolute Gasteiger partial charge is 0.306 e. The van der Waals surface area contributed by atoms with Crippen LogP contribution >= 0.6 is 0 Å². The number of carboxylic acid groups (broad SMARTS) is 3. The Balaban J connectivity index is 0.000000333. The highest BCUT2D eigenvalue weighted by Gasteiger charge is 2.35. The van der Waals surface area contributed by atoms with Crippen LogP contribution in [-0.4, -0.2) is 64.9 Å². The molecule has 0 saturated carbocycles. The molecular weight excluding hydrogens is 420 g/mol. The van der Waals surface area contributed by atoms with Crippen LogP contribution in [0.1, 0.15) is 45.6 Å². The molecule has 0 fully saturated rings. The Morgan fingerprint density at radius 1 is 1.00 bits per heavy atom. The van der Waals surface area contributed by atoms with E-state index in [1.54, 1.807) is 6.20 Å². The minimum absolute atomic E-state index is 0.349. The first-order valence-corrected chi connectivity index (χ1v) is 9.87. The molecule has 0 saturated heterocycles. The second-order valence-corrected chi connectivity index (χ2v) is 7.37. The molecular formula is C21H28N4O7. The van der Waals surface area contributed by atoms with Crippen molar-refractivity contribution in [1.29, 1.82) is 0 Å². The lowest BCUT2D eigenvalue weighted by Gasteiger charge is -2.21. The molecule has 0 spiro atoms. The first-order chi connectivity index (χ1) is 15.0. The maximum atomic E-state index is 10.2. The third kappa shape index (κ3) is 9.47. The standard InChI is InChI=1S/C14H18N4.C7H10O7/c1-4-11-9-16-14(12-7-5-6-8-15-12)18-13(11)17-10(2)3;8-4(9)1-7(14,2-5(10)11)3-6(12)13/h5-10H,4H2,1-3H3,(H,16,17,18);14H,1-3H2,(H,8,9)(H,10,11)(H,12,13). The van der Waals surface area contributed by atoms with Gasteiger partial charge < -0.3 is 25.7 Å². The average molecular weight is 448 g/mol. The largest absolute Gasteiger partial charge is 0.481 e. The fourth-order valence-corrected chi connectivity index (χ4v) is 2.71. The van der Waals surface area contributed by atoms with E-state index in [0.717, 1.165) is 23.5 Å². The van der Waals surface area contributed by atoms with Crippen LogP contribution in [0.2, 0.25) is 0 Å². The summed E-state index contributed by atoms with van der Waals surface area (Å²) in [6.45, 7) is 6.30. The Hall–Kier alpha value is -3.60. The van der Waals surface area contributed by atoms with Crippen molar-refractivity contribution in [2.24, 2.45) is 0 Å². The first-order valence-electron chi connectivity index (χ1n) is 9.87. The van der Waals surface area contributed by atoms with Gasteiger partial charge >= 0.3 is 17.9 Å². The summed E-state index contributed by atoms with van der Waals surface area (Å²) in [6.07, 6.45) is 1.81. The van der Waals surface area contributed by atoms with Crippen LogP contribution in [-0.2, 0) is 20.8 Å². The zero-order valence-corrected chi connectivity index (χ0v) is 18.1. The zero-order valence-electron chi connectivity index (χ0n) is 18.1. The number of hydrogen-bond donors (Lipinski definition) is 5. The third-order valence-corrected chi connectivity index (χ3v) is 4.01. The van der Waals surface area contributed by atoms with Crippen molar-refractivity contribution in [2.45, 2.75) is 58.1 Å². The van der Waals surface area contributed by atoms with Crippen molar-refractivity contribution in [3.05, 3.63) is 36.2 Å². The quantitative estimate of drug-likeness (QED) is 0.358. The van der Waals surface area contributed by atoms with Crippen molar-refractivity contribution in [2.75, 3.05) is 5.32 Å². The number of nitrogens with zero attached hydrogens (tertiary/aromatic N) is 3. The second kappa shape index (κ2) is 12.3. The summed E-state index contributed by atoms with van der Waals surface area (Å²) >= 11 is 0. The second-order valence-electron chi connectivity index (χ2n) is 7.37. The Bertz CT molecular complexity index is 879. The molecule has 0 aliphatic heterocycles. The summed E-state index contributed by atoms with van der Waals surface area (Å²) in [7, 11) is 0. The predicted molar refractivity (Wildman–Crippen MR) is 115 cm³/mol. The Morgan fingerprint density at radius 2 is 1.56 bits per heavy atom. The van der Waals surface area contributed by atoms with Crippen LogP contribution < -0.4 is 5.32 Å². The third-order valence-electron chi connectivity index (χ3n) is 4.01. The summed E-state index contributed by atoms with van der Waals surface area (Å²) in [4.78, 5) is 43.9. The summed E-state index contributed by atoms with van der Waals surface area (Å²) in [6, 6.07) is 6.09. The molecule has 2 rings (SSSR count). The van der Waals surface area contributed by atoms with Gasteiger partial charge in [0.25, 0.3) is 0 Å². The van der Waals surface area contributed by atoms with E-state index in [1.165, 1.54) is 0 Å². The SMILES string of the molecule is CCc1cnc(-c2ccccn2)nc1NC(C)C.O=C(O)CC(O)(CC(=O)O)CC(=O)O. The fourth-order valence-electron chi connectivity index (χ4n) is 2.71. The minimum Gasteiger partial charge on any atom is -0.481 e. The maximum absolute atomic E-state index is 10.2. The number of nitrogens with one attached hydrogen (secondary N) is 1. The number of aliphatic carboxylic acids is 3. The number of carboxylic acids is 3. The van der Waals surface area contributed by atoms with E-state index in [-0.39, 0.29) is 0 Å². The van der Waals surface area contributed by atoms with Crippen molar-refractivity contribution < 1.29 is 34.8 Å². The van der Waals surface area contributed by atoms with Gasteiger partial charge in [0, 0.05) is 24.0 Å². The van der Waals surface area contributed by atoms with Crippen molar-refractivity contribution in [3.63, 3.8) is 0 Å². The minimum atomic E-state index is -2.23. The highest BCUT2D eigenvalue weighted by atomic mass is 16.4. The molecule has 2 aromatic heterocycles. The lowest BCUT2D eigenvalue weighted by molar-refractivity contribution is -0.153. The Labute approximate surface area is 185 Å². The fraction of sp³-hybridized carbons (Fsp3) is 0.429. The van der Waals surface area contributed by atoms with Crippen molar-refractivity contribution >= 4 is 23.7 Å². The molecule has 0 atom stereocenters. The van der Waals surface area contributed by atoms with Crippen molar-refractivity contribution in [1.82, 2.24) is 15.0 Å². The van der Waals surface area contributed by atoms with Crippen LogP contribution in [0.15, 0.2) is 30.6 Å². The topological polar surface area (TPSA) is 183 Å². The molecule has 0 unspecified atom stereocenters. The van der Waals surface area contributed by atoms with Crippen LogP contribution in [0.4, 0.5) is 5.82 Å². The highest BCUT2D eigenvalue weighted by Crippen LogP contribution is 2.20. The lowest BCUT2D eigenvalue weighted by Crippen LogP contribution is -2.36. The molecule has 0 bridgehead atoms. The normalized spacial score (nSPS) is 10.8. The zero-order chi connectivity index (χ0) is 24.3. The maximum Gasteiger partial charge on any atom is 0.306 e. The van der Waals surface area contributed by atoms with E-state index < -0.39 is 42.8 Å². The van der Waals surface area contributed by atoms with Gasteiger partial charge in [0.05, 0.1) is 24.9 Å². The average Bonchev–Trinajstić information content (AvgIpc) is 2.66. The van der Waals surface area contributed by atoms with E-state index in [1.807, 2.05) is 24.4 Å². The first kappa shape index (κ1) is 26.4. The summed E-state index contributed by atoms with van der Waals surface area (Å²) in [5, 5.41) is 37.7. The number of aromatic nitrogens is 3. The summed E-state index contributed by atoms with van der Waals surface area (Å²) < 4.78 is 0. The summed E-state index contributed by atoms with van der Waals surface area (Å²) in [5.74, 6) is -2.78. The van der Waals surface area contributed by atoms with Gasteiger partial charge in [-0.05, 0) is 32.4 Å². The van der Waals surface area contributed by atoms with E-state index >= 15 is 0 Å². The molecule has 2 heterocycles. The van der Waals surface area contributed by atoms with E-state index in [4.69, 9.17) is 15.3 Å². The molecule has 0 radical (unpaired) electrons. The predicted octanol–water partition coefficient (Wildman–Crippen LogP) is 2.06. The number of aliphatic hydroxyl groups is 1. The van der Waals surface area contributed by atoms with Crippen molar-refractivity contribution in [3.8, 4) is 11.5 Å². The highest BCUT2D eigenvalue weighted by molar-refractivity contribution is 5.76. The lowest BCUT2D eigenvalue weighted by atomic mass is 9.92. The van der Waals surface area contributed by atoms with E-state index in [9.17, 15) is 19.5 Å². The van der Waals surface area contributed by atoms with E-state index in [2.05, 4.69) is 41.0 Å².